The molecule has 6 atom stereocenters. The fourth-order valence-electron chi connectivity index (χ4n) is 8.98. The van der Waals surface area contributed by atoms with Gasteiger partial charge in [0.15, 0.2) is 5.78 Å². The van der Waals surface area contributed by atoms with Gasteiger partial charge in [-0.2, -0.15) is 0 Å². The zero-order valence-corrected chi connectivity index (χ0v) is 23.6. The largest absolute Gasteiger partial charge is 0.481 e. The molecule has 0 aliphatic heterocycles. The van der Waals surface area contributed by atoms with Crippen molar-refractivity contribution in [2.75, 3.05) is 19.0 Å². The number of rotatable bonds is 7. The van der Waals surface area contributed by atoms with E-state index < -0.39 is 23.3 Å². The van der Waals surface area contributed by atoms with E-state index in [4.69, 9.17) is 0 Å². The maximum atomic E-state index is 12.7. The van der Waals surface area contributed by atoms with Gasteiger partial charge in [-0.25, -0.2) is 0 Å². The second kappa shape index (κ2) is 10.1. The van der Waals surface area contributed by atoms with Crippen LogP contribution in [-0.4, -0.2) is 42.0 Å². The third-order valence-electron chi connectivity index (χ3n) is 10.6. The Morgan fingerprint density at radius 1 is 1.10 bits per heavy atom. The van der Waals surface area contributed by atoms with E-state index in [1.54, 1.807) is 0 Å². The quantitative estimate of drug-likeness (QED) is 0.396. The SMILES string of the molecule is C/C=C\[C@]1([C@H](CC(=O)O)C(=O)O)CCC2C3CCC4=CC(=O)CCC4=C3[C@@H](c3ccc(N(C)C)cc3)C[C@@]21C. The summed E-state index contributed by atoms with van der Waals surface area (Å²) in [6, 6.07) is 8.70. The first-order valence-corrected chi connectivity index (χ1v) is 14.3. The van der Waals surface area contributed by atoms with Gasteiger partial charge < -0.3 is 15.1 Å². The first-order chi connectivity index (χ1) is 18.5. The van der Waals surface area contributed by atoms with E-state index in [2.05, 4.69) is 36.1 Å². The van der Waals surface area contributed by atoms with E-state index in [0.29, 0.717) is 18.8 Å². The number of hydrogen-bond acceptors (Lipinski definition) is 4. The van der Waals surface area contributed by atoms with Crippen molar-refractivity contribution in [3.05, 3.63) is 64.8 Å². The summed E-state index contributed by atoms with van der Waals surface area (Å²) in [5.74, 6) is -2.19. The number of hydrogen-bond donors (Lipinski definition) is 2. The minimum Gasteiger partial charge on any atom is -0.481 e. The third kappa shape index (κ3) is 4.36. The molecule has 208 valence electrons. The fraction of sp³-hybridized carbons (Fsp3) is 0.545. The summed E-state index contributed by atoms with van der Waals surface area (Å²) >= 11 is 0. The van der Waals surface area contributed by atoms with Crippen LogP contribution in [0.15, 0.2) is 59.2 Å². The average molecular weight is 532 g/mol. The van der Waals surface area contributed by atoms with Gasteiger partial charge in [-0.3, -0.25) is 14.4 Å². The molecule has 0 heterocycles. The second-order valence-corrected chi connectivity index (χ2v) is 12.5. The van der Waals surface area contributed by atoms with Crippen molar-refractivity contribution in [1.82, 2.24) is 0 Å². The molecule has 0 spiro atoms. The summed E-state index contributed by atoms with van der Waals surface area (Å²) in [4.78, 5) is 39.1. The fourth-order valence-corrected chi connectivity index (χ4v) is 8.98. The maximum absolute atomic E-state index is 12.7. The van der Waals surface area contributed by atoms with Crippen molar-refractivity contribution < 1.29 is 24.6 Å². The highest BCUT2D eigenvalue weighted by molar-refractivity contribution is 5.93. The predicted octanol–water partition coefficient (Wildman–Crippen LogP) is 6.39. The Morgan fingerprint density at radius 2 is 1.82 bits per heavy atom. The van der Waals surface area contributed by atoms with E-state index in [9.17, 15) is 24.6 Å². The predicted molar refractivity (Wildman–Crippen MR) is 152 cm³/mol. The van der Waals surface area contributed by atoms with Crippen molar-refractivity contribution in [2.24, 2.45) is 28.6 Å². The van der Waals surface area contributed by atoms with Gasteiger partial charge in [0, 0.05) is 37.5 Å². The van der Waals surface area contributed by atoms with E-state index in [1.165, 1.54) is 22.3 Å². The van der Waals surface area contributed by atoms with Crippen molar-refractivity contribution >= 4 is 23.4 Å². The topological polar surface area (TPSA) is 94.9 Å². The average Bonchev–Trinajstić information content (AvgIpc) is 3.18. The highest BCUT2D eigenvalue weighted by atomic mass is 16.4. The molecule has 5 rings (SSSR count). The lowest BCUT2D eigenvalue weighted by molar-refractivity contribution is -0.156. The molecule has 0 bridgehead atoms. The zero-order chi connectivity index (χ0) is 28.1. The maximum Gasteiger partial charge on any atom is 0.307 e. The summed E-state index contributed by atoms with van der Waals surface area (Å²) in [5, 5.41) is 20.2. The molecule has 0 amide bonds. The van der Waals surface area contributed by atoms with Gasteiger partial charge in [0.05, 0.1) is 12.3 Å². The molecule has 2 saturated carbocycles. The van der Waals surface area contributed by atoms with E-state index in [1.807, 2.05) is 39.2 Å². The smallest absolute Gasteiger partial charge is 0.307 e. The van der Waals surface area contributed by atoms with Crippen LogP contribution < -0.4 is 4.90 Å². The number of nitrogens with zero attached hydrogens (tertiary/aromatic N) is 1. The van der Waals surface area contributed by atoms with Crippen LogP contribution in [0.25, 0.3) is 0 Å². The minimum atomic E-state index is -1.06. The summed E-state index contributed by atoms with van der Waals surface area (Å²) in [6.07, 6.45) is 11.0. The van der Waals surface area contributed by atoms with Gasteiger partial charge >= 0.3 is 11.9 Å². The molecule has 39 heavy (non-hydrogen) atoms. The number of fused-ring (bicyclic) bond motifs is 4. The third-order valence-corrected chi connectivity index (χ3v) is 10.6. The van der Waals surface area contributed by atoms with E-state index in [-0.39, 0.29) is 29.5 Å². The van der Waals surface area contributed by atoms with Gasteiger partial charge in [-0.05, 0) is 97.6 Å². The lowest BCUT2D eigenvalue weighted by Crippen LogP contribution is -2.52. The van der Waals surface area contributed by atoms with Crippen molar-refractivity contribution in [3.63, 3.8) is 0 Å². The lowest BCUT2D eigenvalue weighted by Gasteiger charge is -2.57. The summed E-state index contributed by atoms with van der Waals surface area (Å²) in [7, 11) is 4.05. The number of carboxylic acid groups (broad SMARTS) is 2. The molecule has 4 aliphatic rings. The molecule has 6 heteroatoms. The van der Waals surface area contributed by atoms with Gasteiger partial charge in [0.1, 0.15) is 0 Å². The number of carboxylic acids is 2. The molecule has 6 nitrogen and oxygen atoms in total. The Balaban J connectivity index is 1.70. The van der Waals surface area contributed by atoms with Crippen LogP contribution in [0.5, 0.6) is 0 Å². The second-order valence-electron chi connectivity index (χ2n) is 12.5. The van der Waals surface area contributed by atoms with Gasteiger partial charge in [-0.1, -0.05) is 36.8 Å². The molecular formula is C33H41NO5. The molecule has 0 radical (unpaired) electrons. The number of benzene rings is 1. The standard InChI is InChI=1S/C33H41NO5/c1-5-15-33(28(31(38)39)18-29(36)37)16-14-27-25-12-8-21-17-23(35)11-13-24(21)30(25)26(19-32(27,33)2)20-6-9-22(10-7-20)34(3)4/h5-7,9-10,15,17,25-28H,8,11-14,16,18-19H2,1-4H3,(H,36,37)(H,38,39)/b15-5-/t25?,26-,27?,28-,32+,33-/m1/s1. The van der Waals surface area contributed by atoms with Crippen molar-refractivity contribution in [2.45, 2.75) is 71.1 Å². The molecule has 2 N–H and O–H groups in total. The van der Waals surface area contributed by atoms with Crippen LogP contribution in [0.1, 0.15) is 76.7 Å². The van der Waals surface area contributed by atoms with Crippen LogP contribution >= 0.6 is 0 Å². The normalized spacial score (nSPS) is 32.8. The van der Waals surface area contributed by atoms with Gasteiger partial charge in [-0.15, -0.1) is 0 Å². The minimum absolute atomic E-state index is 0.0985. The molecule has 2 fully saturated rings. The highest BCUT2D eigenvalue weighted by Crippen LogP contribution is 2.72. The summed E-state index contributed by atoms with van der Waals surface area (Å²) in [6.45, 7) is 4.17. The monoisotopic (exact) mass is 531 g/mol. The Hall–Kier alpha value is -3.15. The number of carbonyl (C=O) groups is 3. The number of ketones is 1. The van der Waals surface area contributed by atoms with Crippen molar-refractivity contribution in [3.8, 4) is 0 Å². The summed E-state index contributed by atoms with van der Waals surface area (Å²) < 4.78 is 0. The molecule has 2 unspecified atom stereocenters. The molecule has 1 aromatic carbocycles. The number of carbonyl (C=O) groups excluding carboxylic acids is 1. The molecule has 0 aromatic heterocycles. The Morgan fingerprint density at radius 3 is 2.44 bits per heavy atom. The number of anilines is 1. The first-order valence-electron chi connectivity index (χ1n) is 14.3. The Kier molecular flexibility index (Phi) is 7.11. The molecular weight excluding hydrogens is 490 g/mol. The lowest BCUT2D eigenvalue weighted by atomic mass is 9.46. The molecule has 1 aromatic rings. The van der Waals surface area contributed by atoms with Gasteiger partial charge in [0.25, 0.3) is 0 Å². The van der Waals surface area contributed by atoms with Crippen molar-refractivity contribution in [1.29, 1.82) is 0 Å². The van der Waals surface area contributed by atoms with Crippen LogP contribution in [-0.2, 0) is 14.4 Å². The van der Waals surface area contributed by atoms with E-state index >= 15 is 0 Å². The van der Waals surface area contributed by atoms with E-state index in [0.717, 1.165) is 37.8 Å². The van der Waals surface area contributed by atoms with Crippen LogP contribution in [0.2, 0.25) is 0 Å². The summed E-state index contributed by atoms with van der Waals surface area (Å²) in [5.41, 5.74) is 5.23. The number of aliphatic carboxylic acids is 2. The number of allylic oxidation sites excluding steroid dienone is 6. The van der Waals surface area contributed by atoms with Crippen LogP contribution in [0.4, 0.5) is 5.69 Å². The van der Waals surface area contributed by atoms with Crippen LogP contribution in [0.3, 0.4) is 0 Å². The first kappa shape index (κ1) is 27.4. The molecule has 4 aliphatic carbocycles. The van der Waals surface area contributed by atoms with Gasteiger partial charge in [0.2, 0.25) is 0 Å². The highest BCUT2D eigenvalue weighted by Gasteiger charge is 2.65. The Bertz CT molecular complexity index is 1270. The van der Waals surface area contributed by atoms with Crippen LogP contribution in [0, 0.1) is 28.6 Å². The zero-order valence-electron chi connectivity index (χ0n) is 23.6. The molecule has 0 saturated heterocycles. The Labute approximate surface area is 231 Å².